The molecule has 0 aromatic carbocycles. The van der Waals surface area contributed by atoms with Gasteiger partial charge in [0.05, 0.1) is 12.6 Å². The third-order valence-electron chi connectivity index (χ3n) is 3.84. The minimum Gasteiger partial charge on any atom is -0.496 e. The lowest BCUT2D eigenvalue weighted by molar-refractivity contribution is 0.181. The molecule has 2 rings (SSSR count). The molecule has 1 atom stereocenters. The first kappa shape index (κ1) is 11.9. The largest absolute Gasteiger partial charge is 0.496 e. The average Bonchev–Trinajstić information content (AvgIpc) is 2.75. The zero-order valence-electron chi connectivity index (χ0n) is 10.1. The van der Waals surface area contributed by atoms with Crippen molar-refractivity contribution in [2.75, 3.05) is 6.61 Å². The van der Waals surface area contributed by atoms with Gasteiger partial charge in [-0.15, -0.1) is 0 Å². The van der Waals surface area contributed by atoms with Crippen LogP contribution in [0.2, 0.25) is 0 Å². The Morgan fingerprint density at radius 2 is 1.88 bits per heavy atom. The molecule has 0 aromatic rings. The van der Waals surface area contributed by atoms with E-state index in [1.54, 1.807) is 0 Å². The molecular weight excluding hydrogens is 200 g/mol. The number of hydrazine groups is 1. The van der Waals surface area contributed by atoms with E-state index in [0.29, 0.717) is 5.92 Å². The minimum atomic E-state index is 0.251. The second-order valence-corrected chi connectivity index (χ2v) is 4.99. The van der Waals surface area contributed by atoms with Crippen molar-refractivity contribution in [2.24, 2.45) is 11.8 Å². The third-order valence-corrected chi connectivity index (χ3v) is 3.84. The molecule has 16 heavy (non-hydrogen) atoms. The number of ether oxygens (including phenoxy) is 1. The van der Waals surface area contributed by atoms with E-state index < -0.39 is 0 Å². The first-order chi connectivity index (χ1) is 7.92. The van der Waals surface area contributed by atoms with Gasteiger partial charge < -0.3 is 4.74 Å². The number of hydrogen-bond acceptors (Lipinski definition) is 3. The van der Waals surface area contributed by atoms with E-state index >= 15 is 0 Å². The highest BCUT2D eigenvalue weighted by Gasteiger charge is 2.26. The van der Waals surface area contributed by atoms with Gasteiger partial charge in [-0.25, -0.2) is 5.43 Å². The summed E-state index contributed by atoms with van der Waals surface area (Å²) in [5.74, 6) is 7.46. The fourth-order valence-electron chi connectivity index (χ4n) is 2.93. The highest BCUT2D eigenvalue weighted by Crippen LogP contribution is 2.29. The maximum absolute atomic E-state index is 5.70. The van der Waals surface area contributed by atoms with Crippen molar-refractivity contribution in [3.05, 3.63) is 11.8 Å². The van der Waals surface area contributed by atoms with Crippen LogP contribution in [0.25, 0.3) is 0 Å². The molecule has 0 amide bonds. The summed E-state index contributed by atoms with van der Waals surface area (Å²) in [6.07, 6.45) is 12.7. The van der Waals surface area contributed by atoms with E-state index in [2.05, 4.69) is 11.5 Å². The standard InChI is InChI=1S/C13H24N2O/c14-15-13(12-9-6-10-16-12)11-7-4-2-1-3-5-8-11/h9,11,13,15H,1-8,10,14H2. The molecule has 0 aromatic heterocycles. The fraction of sp³-hybridized carbons (Fsp3) is 0.846. The number of nitrogens with one attached hydrogen (secondary N) is 1. The van der Waals surface area contributed by atoms with Crippen molar-refractivity contribution in [3.63, 3.8) is 0 Å². The van der Waals surface area contributed by atoms with Crippen LogP contribution in [0.4, 0.5) is 0 Å². The van der Waals surface area contributed by atoms with Gasteiger partial charge in [-0.2, -0.15) is 0 Å². The van der Waals surface area contributed by atoms with Crippen LogP contribution in [0.5, 0.6) is 0 Å². The van der Waals surface area contributed by atoms with Gasteiger partial charge in [0.1, 0.15) is 5.76 Å². The van der Waals surface area contributed by atoms with Crippen molar-refractivity contribution in [1.29, 1.82) is 0 Å². The normalized spacial score (nSPS) is 25.4. The zero-order valence-corrected chi connectivity index (χ0v) is 10.1. The van der Waals surface area contributed by atoms with Gasteiger partial charge in [0.2, 0.25) is 0 Å². The topological polar surface area (TPSA) is 47.3 Å². The van der Waals surface area contributed by atoms with Crippen LogP contribution < -0.4 is 11.3 Å². The van der Waals surface area contributed by atoms with Crippen LogP contribution in [0.1, 0.15) is 51.4 Å². The monoisotopic (exact) mass is 224 g/mol. The second kappa shape index (κ2) is 6.26. The molecule has 1 heterocycles. The average molecular weight is 224 g/mol. The van der Waals surface area contributed by atoms with Crippen molar-refractivity contribution in [3.8, 4) is 0 Å². The van der Waals surface area contributed by atoms with E-state index in [-0.39, 0.29) is 6.04 Å². The first-order valence-electron chi connectivity index (χ1n) is 6.71. The van der Waals surface area contributed by atoms with Crippen LogP contribution >= 0.6 is 0 Å². The molecular formula is C13H24N2O. The van der Waals surface area contributed by atoms with Crippen LogP contribution in [0, 0.1) is 5.92 Å². The Morgan fingerprint density at radius 3 is 2.44 bits per heavy atom. The Kier molecular flexibility index (Phi) is 4.67. The summed E-state index contributed by atoms with van der Waals surface area (Å²) < 4.78 is 5.65. The Labute approximate surface area is 98.4 Å². The Morgan fingerprint density at radius 1 is 1.19 bits per heavy atom. The van der Waals surface area contributed by atoms with E-state index in [9.17, 15) is 0 Å². The van der Waals surface area contributed by atoms with E-state index in [4.69, 9.17) is 10.6 Å². The van der Waals surface area contributed by atoms with Crippen molar-refractivity contribution >= 4 is 0 Å². The van der Waals surface area contributed by atoms with E-state index in [1.165, 1.54) is 44.9 Å². The molecule has 2 aliphatic rings. The molecule has 0 spiro atoms. The number of rotatable bonds is 3. The molecule has 3 N–H and O–H groups in total. The molecule has 1 aliphatic carbocycles. The molecule has 3 nitrogen and oxygen atoms in total. The van der Waals surface area contributed by atoms with Gasteiger partial charge in [-0.05, 0) is 24.8 Å². The smallest absolute Gasteiger partial charge is 0.111 e. The third kappa shape index (κ3) is 2.98. The van der Waals surface area contributed by atoms with Gasteiger partial charge in [0.25, 0.3) is 0 Å². The molecule has 0 radical (unpaired) electrons. The summed E-state index contributed by atoms with van der Waals surface area (Å²) in [6, 6.07) is 0.251. The van der Waals surface area contributed by atoms with Gasteiger partial charge in [-0.1, -0.05) is 32.1 Å². The highest BCUT2D eigenvalue weighted by molar-refractivity contribution is 5.08. The Bertz CT molecular complexity index is 232. The van der Waals surface area contributed by atoms with E-state index in [1.807, 2.05) is 0 Å². The van der Waals surface area contributed by atoms with Crippen molar-refractivity contribution < 1.29 is 4.74 Å². The van der Waals surface area contributed by atoms with Crippen LogP contribution in [0.3, 0.4) is 0 Å². The van der Waals surface area contributed by atoms with Crippen LogP contribution in [-0.2, 0) is 4.74 Å². The summed E-state index contributed by atoms with van der Waals surface area (Å²) >= 11 is 0. The lowest BCUT2D eigenvalue weighted by Gasteiger charge is -2.28. The molecule has 1 aliphatic heterocycles. The maximum atomic E-state index is 5.70. The summed E-state index contributed by atoms with van der Waals surface area (Å²) in [6.45, 7) is 0.834. The number of nitrogens with two attached hydrogens (primary N) is 1. The second-order valence-electron chi connectivity index (χ2n) is 4.99. The predicted molar refractivity (Wildman–Crippen MR) is 65.6 cm³/mol. The molecule has 0 bridgehead atoms. The summed E-state index contributed by atoms with van der Waals surface area (Å²) in [4.78, 5) is 0. The molecule has 1 fully saturated rings. The summed E-state index contributed by atoms with van der Waals surface area (Å²) in [7, 11) is 0. The predicted octanol–water partition coefficient (Wildman–Crippen LogP) is 2.48. The molecule has 0 saturated heterocycles. The summed E-state index contributed by atoms with van der Waals surface area (Å²) in [5, 5.41) is 0. The lowest BCUT2D eigenvalue weighted by Crippen LogP contribution is -2.42. The van der Waals surface area contributed by atoms with Gasteiger partial charge >= 0.3 is 0 Å². The molecule has 3 heteroatoms. The van der Waals surface area contributed by atoms with Crippen molar-refractivity contribution in [2.45, 2.75) is 57.4 Å². The number of hydrogen-bond donors (Lipinski definition) is 2. The van der Waals surface area contributed by atoms with Crippen molar-refractivity contribution in [1.82, 2.24) is 5.43 Å². The maximum Gasteiger partial charge on any atom is 0.111 e. The van der Waals surface area contributed by atoms with Gasteiger partial charge in [-0.3, -0.25) is 5.84 Å². The Balaban J connectivity index is 1.94. The Hall–Kier alpha value is -0.540. The van der Waals surface area contributed by atoms with Gasteiger partial charge in [0, 0.05) is 6.42 Å². The fourth-order valence-corrected chi connectivity index (χ4v) is 2.93. The quantitative estimate of drug-likeness (QED) is 0.572. The van der Waals surface area contributed by atoms with Gasteiger partial charge in [0.15, 0.2) is 0 Å². The molecule has 92 valence electrons. The zero-order chi connectivity index (χ0) is 11.2. The highest BCUT2D eigenvalue weighted by atomic mass is 16.5. The first-order valence-corrected chi connectivity index (χ1v) is 6.71. The lowest BCUT2D eigenvalue weighted by atomic mass is 9.85. The molecule has 1 unspecified atom stereocenters. The van der Waals surface area contributed by atoms with Crippen LogP contribution in [0.15, 0.2) is 11.8 Å². The minimum absolute atomic E-state index is 0.251. The molecule has 1 saturated carbocycles. The van der Waals surface area contributed by atoms with Crippen LogP contribution in [-0.4, -0.2) is 12.6 Å². The SMILES string of the molecule is NNC(C1=CCCO1)C1CCCCCCC1. The summed E-state index contributed by atoms with van der Waals surface area (Å²) in [5.41, 5.74) is 2.97. The van der Waals surface area contributed by atoms with E-state index in [0.717, 1.165) is 18.8 Å².